The summed E-state index contributed by atoms with van der Waals surface area (Å²) in [4.78, 5) is 26.6. The van der Waals surface area contributed by atoms with Crippen LogP contribution in [0.2, 0.25) is 0 Å². The lowest BCUT2D eigenvalue weighted by Gasteiger charge is -2.44. The van der Waals surface area contributed by atoms with Gasteiger partial charge in [0.15, 0.2) is 0 Å². The minimum Gasteiger partial charge on any atom is -0.340 e. The van der Waals surface area contributed by atoms with Crippen LogP contribution in [0.5, 0.6) is 0 Å². The highest BCUT2D eigenvalue weighted by Crippen LogP contribution is 2.31. The maximum atomic E-state index is 12.7. The van der Waals surface area contributed by atoms with Crippen molar-refractivity contribution in [3.8, 4) is 0 Å². The lowest BCUT2D eigenvalue weighted by molar-refractivity contribution is -0.154. The van der Waals surface area contributed by atoms with E-state index in [2.05, 4.69) is 12.2 Å². The van der Waals surface area contributed by atoms with Gasteiger partial charge >= 0.3 is 0 Å². The van der Waals surface area contributed by atoms with Crippen molar-refractivity contribution in [2.45, 2.75) is 71.4 Å². The van der Waals surface area contributed by atoms with E-state index in [1.54, 1.807) is 0 Å². The predicted octanol–water partition coefficient (Wildman–Crippen LogP) is 2.33. The van der Waals surface area contributed by atoms with Crippen LogP contribution in [0.3, 0.4) is 0 Å². The van der Waals surface area contributed by atoms with Crippen molar-refractivity contribution in [3.63, 3.8) is 0 Å². The SMILES string of the molecule is CCC1(C)NC(=O)C(C)N(CC2CCC(C)CC2)C1=O. The van der Waals surface area contributed by atoms with Gasteiger partial charge in [-0.3, -0.25) is 9.59 Å². The van der Waals surface area contributed by atoms with Crippen LogP contribution in [0.25, 0.3) is 0 Å². The van der Waals surface area contributed by atoms with Gasteiger partial charge in [0, 0.05) is 6.54 Å². The van der Waals surface area contributed by atoms with Gasteiger partial charge in [0.2, 0.25) is 11.8 Å². The molecule has 1 heterocycles. The molecule has 2 aliphatic rings. The number of amides is 2. The number of hydrogen-bond donors (Lipinski definition) is 1. The number of nitrogens with zero attached hydrogens (tertiary/aromatic N) is 1. The van der Waals surface area contributed by atoms with Crippen molar-refractivity contribution in [1.82, 2.24) is 10.2 Å². The molecule has 0 aromatic rings. The van der Waals surface area contributed by atoms with Gasteiger partial charge in [-0.1, -0.05) is 26.7 Å². The van der Waals surface area contributed by atoms with Crippen LogP contribution in [0, 0.1) is 11.8 Å². The van der Waals surface area contributed by atoms with Crippen molar-refractivity contribution in [2.24, 2.45) is 11.8 Å². The van der Waals surface area contributed by atoms with Crippen LogP contribution in [0.15, 0.2) is 0 Å². The highest BCUT2D eigenvalue weighted by Gasteiger charge is 2.45. The number of piperazine rings is 1. The first-order chi connectivity index (χ1) is 9.37. The number of carbonyl (C=O) groups excluding carboxylic acids is 2. The average molecular weight is 280 g/mol. The molecule has 114 valence electrons. The Balaban J connectivity index is 2.07. The second-order valence-corrected chi connectivity index (χ2v) is 6.93. The molecule has 2 fully saturated rings. The molecule has 0 radical (unpaired) electrons. The molecular weight excluding hydrogens is 252 g/mol. The normalized spacial score (nSPS) is 38.8. The Labute approximate surface area is 122 Å². The molecule has 0 bridgehead atoms. The summed E-state index contributed by atoms with van der Waals surface area (Å²) in [5, 5.41) is 2.89. The molecule has 1 saturated heterocycles. The topological polar surface area (TPSA) is 49.4 Å². The van der Waals surface area contributed by atoms with Crippen LogP contribution in [-0.4, -0.2) is 34.8 Å². The molecular formula is C16H28N2O2. The Morgan fingerprint density at radius 2 is 1.80 bits per heavy atom. The standard InChI is InChI=1S/C16H28N2O2/c1-5-16(4)15(20)18(12(3)14(19)17-16)10-13-8-6-11(2)7-9-13/h11-13H,5-10H2,1-4H3,(H,17,19). The van der Waals surface area contributed by atoms with Gasteiger partial charge in [-0.15, -0.1) is 0 Å². The van der Waals surface area contributed by atoms with E-state index < -0.39 is 5.54 Å². The summed E-state index contributed by atoms with van der Waals surface area (Å²) >= 11 is 0. The summed E-state index contributed by atoms with van der Waals surface area (Å²) in [7, 11) is 0. The lowest BCUT2D eigenvalue weighted by Crippen LogP contribution is -2.68. The maximum Gasteiger partial charge on any atom is 0.248 e. The summed E-state index contributed by atoms with van der Waals surface area (Å²) in [6.07, 6.45) is 5.50. The number of hydrogen-bond acceptors (Lipinski definition) is 2. The largest absolute Gasteiger partial charge is 0.340 e. The molecule has 1 N–H and O–H groups in total. The summed E-state index contributed by atoms with van der Waals surface area (Å²) in [5.74, 6) is 1.44. The Bertz CT molecular complexity index is 388. The maximum absolute atomic E-state index is 12.7. The monoisotopic (exact) mass is 280 g/mol. The lowest BCUT2D eigenvalue weighted by atomic mass is 9.82. The Hall–Kier alpha value is -1.06. The second-order valence-electron chi connectivity index (χ2n) is 6.93. The zero-order chi connectivity index (χ0) is 14.9. The molecule has 2 unspecified atom stereocenters. The van der Waals surface area contributed by atoms with E-state index in [4.69, 9.17) is 0 Å². The predicted molar refractivity (Wildman–Crippen MR) is 79.1 cm³/mol. The zero-order valence-corrected chi connectivity index (χ0v) is 13.2. The highest BCUT2D eigenvalue weighted by atomic mass is 16.2. The fraction of sp³-hybridized carbons (Fsp3) is 0.875. The summed E-state index contributed by atoms with van der Waals surface area (Å²) in [6.45, 7) is 8.68. The van der Waals surface area contributed by atoms with E-state index in [0.717, 1.165) is 12.5 Å². The van der Waals surface area contributed by atoms with E-state index >= 15 is 0 Å². The van der Waals surface area contributed by atoms with Gasteiger partial charge in [0.05, 0.1) is 0 Å². The average Bonchev–Trinajstić information content (AvgIpc) is 2.43. The van der Waals surface area contributed by atoms with E-state index in [9.17, 15) is 9.59 Å². The van der Waals surface area contributed by atoms with Gasteiger partial charge < -0.3 is 10.2 Å². The quantitative estimate of drug-likeness (QED) is 0.862. The fourth-order valence-electron chi connectivity index (χ4n) is 3.33. The Morgan fingerprint density at radius 1 is 1.20 bits per heavy atom. The number of nitrogens with one attached hydrogen (secondary N) is 1. The van der Waals surface area contributed by atoms with Crippen LogP contribution in [0.4, 0.5) is 0 Å². The van der Waals surface area contributed by atoms with E-state index in [0.29, 0.717) is 12.3 Å². The van der Waals surface area contributed by atoms with Crippen LogP contribution < -0.4 is 5.32 Å². The van der Waals surface area contributed by atoms with Crippen LogP contribution >= 0.6 is 0 Å². The van der Waals surface area contributed by atoms with Gasteiger partial charge in [-0.05, 0) is 44.9 Å². The zero-order valence-electron chi connectivity index (χ0n) is 13.2. The third-order valence-corrected chi connectivity index (χ3v) is 5.28. The van der Waals surface area contributed by atoms with E-state index in [-0.39, 0.29) is 17.9 Å². The fourth-order valence-corrected chi connectivity index (χ4v) is 3.33. The summed E-state index contributed by atoms with van der Waals surface area (Å²) < 4.78 is 0. The van der Waals surface area contributed by atoms with Gasteiger partial charge in [-0.25, -0.2) is 0 Å². The molecule has 1 aliphatic heterocycles. The number of carbonyl (C=O) groups is 2. The second kappa shape index (κ2) is 5.74. The molecule has 20 heavy (non-hydrogen) atoms. The first kappa shape index (κ1) is 15.3. The van der Waals surface area contributed by atoms with Crippen molar-refractivity contribution < 1.29 is 9.59 Å². The molecule has 0 aromatic carbocycles. The molecule has 2 atom stereocenters. The summed E-state index contributed by atoms with van der Waals surface area (Å²) in [5.41, 5.74) is -0.717. The highest BCUT2D eigenvalue weighted by molar-refractivity contribution is 5.99. The third kappa shape index (κ3) is 2.84. The first-order valence-corrected chi connectivity index (χ1v) is 8.00. The van der Waals surface area contributed by atoms with Gasteiger partial charge in [0.1, 0.15) is 11.6 Å². The van der Waals surface area contributed by atoms with Gasteiger partial charge in [0.25, 0.3) is 0 Å². The number of rotatable bonds is 3. The molecule has 1 aliphatic carbocycles. The Kier molecular flexibility index (Phi) is 4.40. The molecule has 0 aromatic heterocycles. The van der Waals surface area contributed by atoms with E-state index in [1.165, 1.54) is 25.7 Å². The van der Waals surface area contributed by atoms with Crippen molar-refractivity contribution >= 4 is 11.8 Å². The van der Waals surface area contributed by atoms with Gasteiger partial charge in [-0.2, -0.15) is 0 Å². The van der Waals surface area contributed by atoms with E-state index in [1.807, 2.05) is 25.7 Å². The molecule has 0 spiro atoms. The molecule has 4 nitrogen and oxygen atoms in total. The first-order valence-electron chi connectivity index (χ1n) is 8.00. The third-order valence-electron chi connectivity index (χ3n) is 5.28. The van der Waals surface area contributed by atoms with Crippen molar-refractivity contribution in [1.29, 1.82) is 0 Å². The minimum atomic E-state index is -0.717. The molecule has 1 saturated carbocycles. The molecule has 2 rings (SSSR count). The van der Waals surface area contributed by atoms with Crippen molar-refractivity contribution in [2.75, 3.05) is 6.54 Å². The Morgan fingerprint density at radius 3 is 2.35 bits per heavy atom. The van der Waals surface area contributed by atoms with Crippen LogP contribution in [-0.2, 0) is 9.59 Å². The summed E-state index contributed by atoms with van der Waals surface area (Å²) in [6, 6.07) is -0.332. The minimum absolute atomic E-state index is 0.0156. The molecule has 2 amide bonds. The smallest absolute Gasteiger partial charge is 0.248 e. The van der Waals surface area contributed by atoms with Crippen LogP contribution in [0.1, 0.15) is 59.8 Å². The van der Waals surface area contributed by atoms with Crippen molar-refractivity contribution in [3.05, 3.63) is 0 Å². The molecule has 4 heteroatoms.